The molecule has 1 heterocycles. The molecule has 66 valence electrons. The van der Waals surface area contributed by atoms with Gasteiger partial charge in [-0.1, -0.05) is 29.7 Å². The Morgan fingerprint density at radius 2 is 1.87 bits per heavy atom. The number of benzene rings is 2. The fourth-order valence-electron chi connectivity index (χ4n) is 1.74. The first-order valence-electron chi connectivity index (χ1n) is 4.59. The average Bonchev–Trinajstić information content (AvgIpc) is 2.29. The first-order valence-corrected chi connectivity index (χ1v) is 4.59. The third-order valence-corrected chi connectivity index (χ3v) is 2.43. The van der Waals surface area contributed by atoms with Gasteiger partial charge < -0.3 is 0 Å². The molecule has 0 aliphatic rings. The molecule has 0 amide bonds. The maximum atomic E-state index is 4.39. The van der Waals surface area contributed by atoms with Crippen molar-refractivity contribution in [3.05, 3.63) is 54.7 Å². The Bertz CT molecular complexity index is 550. The van der Waals surface area contributed by atoms with Crippen LogP contribution in [0.3, 0.4) is 0 Å². The Labute approximate surface area is 137 Å². The van der Waals surface area contributed by atoms with Crippen LogP contribution in [0.25, 0.3) is 21.7 Å². The van der Waals surface area contributed by atoms with Crippen LogP contribution in [0, 0.1) is 6.07 Å². The number of nitrogens with zero attached hydrogens (tertiary/aromatic N) is 1. The Kier molecular flexibility index (Phi) is 3.67. The minimum absolute atomic E-state index is 0. The van der Waals surface area contributed by atoms with Gasteiger partial charge in [-0.05, 0) is 10.9 Å². The Morgan fingerprint density at radius 1 is 1.00 bits per heavy atom. The Balaban J connectivity index is 0.000000853. The zero-order chi connectivity index (χ0) is 9.38. The third kappa shape index (κ3) is 2.07. The summed E-state index contributed by atoms with van der Waals surface area (Å²) in [4.78, 5) is 4.39. The van der Waals surface area contributed by atoms with Gasteiger partial charge in [0.05, 0.1) is 0 Å². The van der Waals surface area contributed by atoms with Crippen molar-refractivity contribution in [1.29, 1.82) is 0 Å². The van der Waals surface area contributed by atoms with Crippen LogP contribution >= 0.6 is 0 Å². The molecular formula is C13H8NRb. The van der Waals surface area contributed by atoms with Crippen molar-refractivity contribution >= 4 is 21.7 Å². The third-order valence-electron chi connectivity index (χ3n) is 2.43. The minimum Gasteiger partial charge on any atom is -0.282 e. The van der Waals surface area contributed by atoms with Crippen molar-refractivity contribution in [2.45, 2.75) is 0 Å². The van der Waals surface area contributed by atoms with Gasteiger partial charge in [-0.2, -0.15) is 18.2 Å². The van der Waals surface area contributed by atoms with E-state index in [-0.39, 0.29) is 58.2 Å². The molecule has 0 saturated carbocycles. The molecule has 0 atom stereocenters. The van der Waals surface area contributed by atoms with Gasteiger partial charge in [-0.15, -0.1) is 11.5 Å². The Morgan fingerprint density at radius 3 is 2.80 bits per heavy atom. The van der Waals surface area contributed by atoms with E-state index < -0.39 is 0 Å². The summed E-state index contributed by atoms with van der Waals surface area (Å²) < 4.78 is 0. The van der Waals surface area contributed by atoms with Crippen molar-refractivity contribution in [3.8, 4) is 0 Å². The summed E-state index contributed by atoms with van der Waals surface area (Å²) in [5.74, 6) is 0. The number of fused-ring (bicyclic) bond motifs is 3. The second kappa shape index (κ2) is 4.83. The van der Waals surface area contributed by atoms with Crippen molar-refractivity contribution in [2.24, 2.45) is 0 Å². The summed E-state index contributed by atoms with van der Waals surface area (Å²) in [6, 6.07) is 17.2. The fraction of sp³-hybridized carbons (Fsp3) is 0. The topological polar surface area (TPSA) is 12.9 Å². The van der Waals surface area contributed by atoms with Crippen LogP contribution in [0.5, 0.6) is 0 Å². The minimum atomic E-state index is 0. The smallest absolute Gasteiger partial charge is 0.282 e. The predicted octanol–water partition coefficient (Wildman–Crippen LogP) is 0.192. The van der Waals surface area contributed by atoms with E-state index >= 15 is 0 Å². The van der Waals surface area contributed by atoms with Crippen LogP contribution < -0.4 is 58.2 Å². The van der Waals surface area contributed by atoms with Crippen LogP contribution in [0.15, 0.2) is 48.7 Å². The van der Waals surface area contributed by atoms with Gasteiger partial charge in [0, 0.05) is 6.20 Å². The number of hydrogen-bond donors (Lipinski definition) is 0. The van der Waals surface area contributed by atoms with Crippen molar-refractivity contribution < 1.29 is 58.2 Å². The molecule has 0 radical (unpaired) electrons. The molecule has 2 aromatic carbocycles. The summed E-state index contributed by atoms with van der Waals surface area (Å²) in [5.41, 5.74) is 1.03. The van der Waals surface area contributed by atoms with Crippen LogP contribution in [-0.2, 0) is 0 Å². The van der Waals surface area contributed by atoms with Gasteiger partial charge in [-0.25, -0.2) is 0 Å². The summed E-state index contributed by atoms with van der Waals surface area (Å²) in [7, 11) is 0. The predicted molar refractivity (Wildman–Crippen MR) is 58.1 cm³/mol. The molecule has 0 saturated heterocycles. The van der Waals surface area contributed by atoms with E-state index in [4.69, 9.17) is 0 Å². The molecule has 0 spiro atoms. The van der Waals surface area contributed by atoms with E-state index in [1.165, 1.54) is 16.2 Å². The molecule has 1 aromatic heterocycles. The molecule has 0 N–H and O–H groups in total. The molecule has 0 unspecified atom stereocenters. The van der Waals surface area contributed by atoms with Crippen LogP contribution in [0.1, 0.15) is 0 Å². The molecule has 0 aliphatic heterocycles. The van der Waals surface area contributed by atoms with E-state index in [1.54, 1.807) is 0 Å². The van der Waals surface area contributed by atoms with Crippen molar-refractivity contribution in [2.75, 3.05) is 0 Å². The number of aromatic nitrogens is 1. The Hall–Kier alpha value is -0.0848. The van der Waals surface area contributed by atoms with Crippen LogP contribution in [0.2, 0.25) is 0 Å². The number of rotatable bonds is 0. The zero-order valence-electron chi connectivity index (χ0n) is 8.57. The van der Waals surface area contributed by atoms with Gasteiger partial charge in [0.25, 0.3) is 0 Å². The molecule has 3 aromatic rings. The molecule has 15 heavy (non-hydrogen) atoms. The quantitative estimate of drug-likeness (QED) is 0.417. The van der Waals surface area contributed by atoms with Crippen molar-refractivity contribution in [3.63, 3.8) is 0 Å². The first kappa shape index (κ1) is 11.4. The van der Waals surface area contributed by atoms with Crippen LogP contribution in [0.4, 0.5) is 0 Å². The first-order chi connectivity index (χ1) is 6.95. The van der Waals surface area contributed by atoms with Gasteiger partial charge >= 0.3 is 58.2 Å². The van der Waals surface area contributed by atoms with Gasteiger partial charge in [0.1, 0.15) is 0 Å². The molecule has 2 heteroatoms. The largest absolute Gasteiger partial charge is 1.00 e. The summed E-state index contributed by atoms with van der Waals surface area (Å²) in [5, 5.41) is 3.60. The van der Waals surface area contributed by atoms with E-state index in [2.05, 4.69) is 29.2 Å². The maximum absolute atomic E-state index is 4.39. The van der Waals surface area contributed by atoms with Gasteiger partial charge in [0.2, 0.25) is 0 Å². The standard InChI is InChI=1S/C13H8N.Rb/c1-2-6-11-10(5-1)9-14-13-8-4-3-7-12(11)13;/h1-2,4-9H;/q-1;+1. The van der Waals surface area contributed by atoms with Gasteiger partial charge in [0.15, 0.2) is 0 Å². The second-order valence-electron chi connectivity index (χ2n) is 3.29. The molecule has 0 aliphatic carbocycles. The van der Waals surface area contributed by atoms with Crippen LogP contribution in [-0.4, -0.2) is 4.98 Å². The molecule has 0 bridgehead atoms. The zero-order valence-corrected chi connectivity index (χ0v) is 13.5. The summed E-state index contributed by atoms with van der Waals surface area (Å²) in [6.45, 7) is 0. The number of hydrogen-bond acceptors (Lipinski definition) is 1. The molecule has 1 nitrogen and oxygen atoms in total. The maximum Gasteiger partial charge on any atom is 1.00 e. The molecule has 0 fully saturated rings. The SMILES string of the molecule is [Rb+].[c-]1ccc2ncc3ccccc3c2c1. The number of pyridine rings is 1. The van der Waals surface area contributed by atoms with E-state index in [0.717, 1.165) is 5.52 Å². The average molecular weight is 264 g/mol. The molecular weight excluding hydrogens is 256 g/mol. The monoisotopic (exact) mass is 263 g/mol. The van der Waals surface area contributed by atoms with E-state index in [0.29, 0.717) is 0 Å². The fourth-order valence-corrected chi connectivity index (χ4v) is 1.74. The second-order valence-corrected chi connectivity index (χ2v) is 3.29. The van der Waals surface area contributed by atoms with Crippen molar-refractivity contribution in [1.82, 2.24) is 4.98 Å². The van der Waals surface area contributed by atoms with Gasteiger partial charge in [-0.3, -0.25) is 4.98 Å². The summed E-state index contributed by atoms with van der Waals surface area (Å²) in [6.07, 6.45) is 1.91. The normalized spacial score (nSPS) is 10.1. The molecule has 3 rings (SSSR count). The van der Waals surface area contributed by atoms with E-state index in [9.17, 15) is 0 Å². The van der Waals surface area contributed by atoms with E-state index in [1.807, 2.05) is 30.5 Å². The summed E-state index contributed by atoms with van der Waals surface area (Å²) >= 11 is 0.